The van der Waals surface area contributed by atoms with Crippen LogP contribution >= 0.6 is 11.3 Å². The fourth-order valence-corrected chi connectivity index (χ4v) is 3.48. The minimum absolute atomic E-state index is 0.0995. The fraction of sp³-hybridized carbons (Fsp3) is 0.235. The van der Waals surface area contributed by atoms with Crippen molar-refractivity contribution in [2.75, 3.05) is 5.32 Å². The Labute approximate surface area is 151 Å². The number of nitrogens with one attached hydrogen (secondary N) is 1. The highest BCUT2D eigenvalue weighted by atomic mass is 32.1. The number of carbonyl (C=O) groups excluding carboxylic acids is 1. The Kier molecular flexibility index (Phi) is 4.99. The molecule has 0 fully saturated rings. The molecule has 3 aromatic rings. The molecule has 0 atom stereocenters. The summed E-state index contributed by atoms with van der Waals surface area (Å²) in [6.45, 7) is 0.434. The Balaban J connectivity index is 1.83. The summed E-state index contributed by atoms with van der Waals surface area (Å²) in [6, 6.07) is 5.84. The summed E-state index contributed by atoms with van der Waals surface area (Å²) in [6.07, 6.45) is 1.31. The van der Waals surface area contributed by atoms with Crippen LogP contribution in [0.1, 0.15) is 10.4 Å². The predicted molar refractivity (Wildman–Crippen MR) is 95.1 cm³/mol. The first kappa shape index (κ1) is 18.0. The number of ether oxygens (including phenoxy) is 1. The maximum Gasteiger partial charge on any atom is 0.387 e. The van der Waals surface area contributed by atoms with E-state index >= 15 is 0 Å². The maximum atomic E-state index is 12.6. The average molecular weight is 379 g/mol. The number of anilines is 1. The summed E-state index contributed by atoms with van der Waals surface area (Å²) < 4.78 is 30.4. The molecule has 0 saturated carbocycles. The summed E-state index contributed by atoms with van der Waals surface area (Å²) in [5.74, 6) is -0.704. The smallest absolute Gasteiger partial charge is 0.387 e. The molecule has 0 aliphatic rings. The lowest BCUT2D eigenvalue weighted by Crippen LogP contribution is -2.28. The predicted octanol–water partition coefficient (Wildman–Crippen LogP) is 3.31. The van der Waals surface area contributed by atoms with Gasteiger partial charge < -0.3 is 10.1 Å². The molecular weight excluding hydrogens is 364 g/mol. The number of para-hydroxylation sites is 2. The zero-order valence-electron chi connectivity index (χ0n) is 14.0. The van der Waals surface area contributed by atoms with Gasteiger partial charge in [0.15, 0.2) is 0 Å². The van der Waals surface area contributed by atoms with Gasteiger partial charge in [0.05, 0.1) is 17.4 Å². The van der Waals surface area contributed by atoms with Gasteiger partial charge in [0.25, 0.3) is 5.56 Å². The molecule has 0 bridgehead atoms. The number of hydrogen-bond acceptors (Lipinski definition) is 5. The van der Waals surface area contributed by atoms with E-state index in [1.54, 1.807) is 6.07 Å². The number of thiophene rings is 1. The molecule has 3 rings (SSSR count). The van der Waals surface area contributed by atoms with Gasteiger partial charge in [-0.15, -0.1) is 11.3 Å². The first-order valence-corrected chi connectivity index (χ1v) is 8.47. The standard InChI is InChI=1S/C17H15F2N3O3S/c1-9-10(2)26-15-14(9)16(24)22(8-20-15)7-13(23)21-11-5-3-4-6-12(11)25-17(18)19/h3-6,8,17H,7H2,1-2H3,(H,21,23). The molecule has 1 amide bonds. The van der Waals surface area contributed by atoms with E-state index in [1.807, 2.05) is 13.8 Å². The van der Waals surface area contributed by atoms with Gasteiger partial charge in [-0.2, -0.15) is 8.78 Å². The Hall–Kier alpha value is -2.81. The number of aryl methyl sites for hydroxylation is 2. The van der Waals surface area contributed by atoms with Gasteiger partial charge in [-0.05, 0) is 31.5 Å². The van der Waals surface area contributed by atoms with E-state index in [0.29, 0.717) is 10.2 Å². The third kappa shape index (κ3) is 3.57. The normalized spacial score (nSPS) is 11.1. The number of halogens is 2. The van der Waals surface area contributed by atoms with E-state index in [1.165, 1.54) is 40.4 Å². The van der Waals surface area contributed by atoms with Crippen LogP contribution in [0.15, 0.2) is 35.4 Å². The molecule has 0 aliphatic carbocycles. The van der Waals surface area contributed by atoms with Crippen molar-refractivity contribution in [3.05, 3.63) is 51.4 Å². The van der Waals surface area contributed by atoms with Gasteiger partial charge in [0.2, 0.25) is 5.91 Å². The average Bonchev–Trinajstić information content (AvgIpc) is 2.87. The molecule has 0 radical (unpaired) electrons. The second-order valence-electron chi connectivity index (χ2n) is 5.56. The Morgan fingerprint density at radius 3 is 2.81 bits per heavy atom. The number of benzene rings is 1. The van der Waals surface area contributed by atoms with Gasteiger partial charge in [0.1, 0.15) is 17.1 Å². The molecule has 2 heterocycles. The number of nitrogens with zero attached hydrogens (tertiary/aromatic N) is 2. The van der Waals surface area contributed by atoms with E-state index in [-0.39, 0.29) is 23.5 Å². The van der Waals surface area contributed by atoms with Crippen molar-refractivity contribution < 1.29 is 18.3 Å². The quantitative estimate of drug-likeness (QED) is 0.738. The highest BCUT2D eigenvalue weighted by molar-refractivity contribution is 7.18. The van der Waals surface area contributed by atoms with Crippen molar-refractivity contribution in [1.29, 1.82) is 0 Å². The molecule has 6 nitrogen and oxygen atoms in total. The van der Waals surface area contributed by atoms with Crippen LogP contribution in [0.25, 0.3) is 10.2 Å². The summed E-state index contributed by atoms with van der Waals surface area (Å²) in [5.41, 5.74) is 0.625. The lowest BCUT2D eigenvalue weighted by molar-refractivity contribution is -0.116. The van der Waals surface area contributed by atoms with Crippen molar-refractivity contribution in [3.8, 4) is 5.75 Å². The Morgan fingerprint density at radius 2 is 2.08 bits per heavy atom. The number of aromatic nitrogens is 2. The minimum atomic E-state index is -3.01. The second kappa shape index (κ2) is 7.20. The SMILES string of the molecule is Cc1sc2ncn(CC(=O)Nc3ccccc3OC(F)F)c(=O)c2c1C. The summed E-state index contributed by atoms with van der Waals surface area (Å²) in [5, 5.41) is 2.97. The third-order valence-electron chi connectivity index (χ3n) is 3.85. The van der Waals surface area contributed by atoms with E-state index < -0.39 is 12.5 Å². The van der Waals surface area contributed by atoms with Crippen LogP contribution in [0.4, 0.5) is 14.5 Å². The van der Waals surface area contributed by atoms with Crippen molar-refractivity contribution >= 4 is 33.1 Å². The zero-order chi connectivity index (χ0) is 18.8. The minimum Gasteiger partial charge on any atom is -0.433 e. The second-order valence-corrected chi connectivity index (χ2v) is 6.77. The van der Waals surface area contributed by atoms with E-state index in [4.69, 9.17) is 0 Å². The molecule has 0 aliphatic heterocycles. The number of amides is 1. The Morgan fingerprint density at radius 1 is 1.35 bits per heavy atom. The van der Waals surface area contributed by atoms with E-state index in [9.17, 15) is 18.4 Å². The fourth-order valence-electron chi connectivity index (χ4n) is 2.50. The Bertz CT molecular complexity index is 1030. The summed E-state index contributed by atoms with van der Waals surface area (Å²) in [4.78, 5) is 30.7. The first-order chi connectivity index (χ1) is 12.4. The summed E-state index contributed by atoms with van der Waals surface area (Å²) in [7, 11) is 0. The van der Waals surface area contributed by atoms with Gasteiger partial charge in [-0.3, -0.25) is 14.2 Å². The van der Waals surface area contributed by atoms with Crippen LogP contribution in [0, 0.1) is 13.8 Å². The number of rotatable bonds is 5. The molecule has 26 heavy (non-hydrogen) atoms. The van der Waals surface area contributed by atoms with Crippen molar-refractivity contribution in [1.82, 2.24) is 9.55 Å². The highest BCUT2D eigenvalue weighted by Crippen LogP contribution is 2.26. The molecule has 9 heteroatoms. The molecular formula is C17H15F2N3O3S. The van der Waals surface area contributed by atoms with Crippen LogP contribution in [0.5, 0.6) is 5.75 Å². The molecule has 0 unspecified atom stereocenters. The number of carbonyl (C=O) groups is 1. The van der Waals surface area contributed by atoms with Crippen molar-refractivity contribution in [2.24, 2.45) is 0 Å². The first-order valence-electron chi connectivity index (χ1n) is 7.65. The van der Waals surface area contributed by atoms with Gasteiger partial charge in [-0.25, -0.2) is 4.98 Å². The van der Waals surface area contributed by atoms with Crippen LogP contribution in [-0.4, -0.2) is 22.1 Å². The van der Waals surface area contributed by atoms with Crippen LogP contribution in [-0.2, 0) is 11.3 Å². The lowest BCUT2D eigenvalue weighted by atomic mass is 10.2. The van der Waals surface area contributed by atoms with Crippen LogP contribution in [0.2, 0.25) is 0 Å². The number of alkyl halides is 2. The van der Waals surface area contributed by atoms with Crippen LogP contribution < -0.4 is 15.6 Å². The van der Waals surface area contributed by atoms with Crippen molar-refractivity contribution in [3.63, 3.8) is 0 Å². The maximum absolute atomic E-state index is 12.6. The van der Waals surface area contributed by atoms with E-state index in [0.717, 1.165) is 10.4 Å². The number of hydrogen-bond donors (Lipinski definition) is 1. The van der Waals surface area contributed by atoms with Crippen molar-refractivity contribution in [2.45, 2.75) is 27.0 Å². The zero-order valence-corrected chi connectivity index (χ0v) is 14.8. The van der Waals surface area contributed by atoms with Gasteiger partial charge in [-0.1, -0.05) is 12.1 Å². The molecule has 136 valence electrons. The molecule has 2 aromatic heterocycles. The largest absolute Gasteiger partial charge is 0.433 e. The lowest BCUT2D eigenvalue weighted by Gasteiger charge is -2.12. The molecule has 1 N–H and O–H groups in total. The molecule has 0 saturated heterocycles. The third-order valence-corrected chi connectivity index (χ3v) is 4.96. The van der Waals surface area contributed by atoms with Gasteiger partial charge in [0, 0.05) is 4.88 Å². The topological polar surface area (TPSA) is 73.2 Å². The highest BCUT2D eigenvalue weighted by Gasteiger charge is 2.15. The summed E-state index contributed by atoms with van der Waals surface area (Å²) >= 11 is 1.42. The van der Waals surface area contributed by atoms with Crippen LogP contribution in [0.3, 0.4) is 0 Å². The molecule has 0 spiro atoms. The number of fused-ring (bicyclic) bond motifs is 1. The van der Waals surface area contributed by atoms with E-state index in [2.05, 4.69) is 15.0 Å². The molecule has 1 aromatic carbocycles. The monoisotopic (exact) mass is 379 g/mol. The van der Waals surface area contributed by atoms with Gasteiger partial charge >= 0.3 is 6.61 Å².